The Hall–Kier alpha value is -1.85. The number of pyridine rings is 1. The number of aromatic nitrogens is 1. The van der Waals surface area contributed by atoms with Crippen LogP contribution < -0.4 is 9.47 Å². The highest BCUT2D eigenvalue weighted by molar-refractivity contribution is 5.87. The van der Waals surface area contributed by atoms with Crippen molar-refractivity contribution in [3.8, 4) is 11.6 Å². The lowest BCUT2D eigenvalue weighted by molar-refractivity contribution is 0.0322. The molecule has 1 aliphatic heterocycles. The average Bonchev–Trinajstić information content (AvgIpc) is 2.55. The normalized spacial score (nSPS) is 16.0. The Morgan fingerprint density at radius 3 is 2.83 bits per heavy atom. The van der Waals surface area contributed by atoms with E-state index in [-0.39, 0.29) is 6.10 Å². The van der Waals surface area contributed by atoms with Crippen molar-refractivity contribution >= 4 is 10.8 Å². The minimum absolute atomic E-state index is 0.109. The highest BCUT2D eigenvalue weighted by Crippen LogP contribution is 2.27. The Balaban J connectivity index is 1.63. The van der Waals surface area contributed by atoms with Crippen molar-refractivity contribution in [3.05, 3.63) is 30.5 Å². The summed E-state index contributed by atoms with van der Waals surface area (Å²) in [6.45, 7) is 9.24. The number of fused-ring (bicyclic) bond motifs is 1. The second-order valence-corrected chi connectivity index (χ2v) is 5.97. The average molecular weight is 316 g/mol. The first kappa shape index (κ1) is 16.0. The number of ether oxygens (including phenoxy) is 3. The van der Waals surface area contributed by atoms with Crippen LogP contribution in [0.4, 0.5) is 0 Å². The number of morpholine rings is 1. The molecule has 5 nitrogen and oxygen atoms in total. The first-order chi connectivity index (χ1) is 11.2. The van der Waals surface area contributed by atoms with Crippen LogP contribution in [0.2, 0.25) is 0 Å². The van der Waals surface area contributed by atoms with E-state index in [2.05, 4.69) is 9.88 Å². The van der Waals surface area contributed by atoms with Gasteiger partial charge in [0.2, 0.25) is 5.88 Å². The standard InChI is InChI=1S/C18H24N2O3/c1-14(2)23-18-17-4-3-16(13-15(17)5-6-19-18)22-12-9-20-7-10-21-11-8-20/h3-6,13-14H,7-12H2,1-2H3. The summed E-state index contributed by atoms with van der Waals surface area (Å²) >= 11 is 0. The molecular weight excluding hydrogens is 292 g/mol. The third-order valence-corrected chi connectivity index (χ3v) is 3.83. The maximum absolute atomic E-state index is 5.89. The van der Waals surface area contributed by atoms with E-state index in [9.17, 15) is 0 Å². The van der Waals surface area contributed by atoms with Crippen LogP contribution in [0, 0.1) is 0 Å². The van der Waals surface area contributed by atoms with Crippen molar-refractivity contribution in [1.29, 1.82) is 0 Å². The monoisotopic (exact) mass is 316 g/mol. The molecule has 1 aliphatic rings. The van der Waals surface area contributed by atoms with E-state index in [1.165, 1.54) is 0 Å². The molecule has 2 aromatic rings. The van der Waals surface area contributed by atoms with Gasteiger partial charge in [0.15, 0.2) is 0 Å². The Kier molecular flexibility index (Phi) is 5.31. The van der Waals surface area contributed by atoms with Crippen LogP contribution in [-0.4, -0.2) is 55.4 Å². The van der Waals surface area contributed by atoms with Crippen molar-refractivity contribution in [3.63, 3.8) is 0 Å². The molecule has 0 spiro atoms. The van der Waals surface area contributed by atoms with E-state index in [1.807, 2.05) is 38.1 Å². The van der Waals surface area contributed by atoms with E-state index in [0.717, 1.165) is 49.4 Å². The maximum Gasteiger partial charge on any atom is 0.221 e. The summed E-state index contributed by atoms with van der Waals surface area (Å²) in [5.74, 6) is 1.56. The van der Waals surface area contributed by atoms with Gasteiger partial charge >= 0.3 is 0 Å². The molecule has 1 aromatic heterocycles. The van der Waals surface area contributed by atoms with Crippen LogP contribution in [0.15, 0.2) is 30.5 Å². The molecule has 1 fully saturated rings. The van der Waals surface area contributed by atoms with E-state index in [1.54, 1.807) is 6.20 Å². The molecule has 0 amide bonds. The zero-order chi connectivity index (χ0) is 16.1. The van der Waals surface area contributed by atoms with Crippen molar-refractivity contribution in [2.24, 2.45) is 0 Å². The molecule has 0 radical (unpaired) electrons. The Bertz CT molecular complexity index is 639. The number of benzene rings is 1. The molecule has 0 bridgehead atoms. The molecule has 0 N–H and O–H groups in total. The largest absolute Gasteiger partial charge is 0.492 e. The van der Waals surface area contributed by atoms with Gasteiger partial charge in [-0.15, -0.1) is 0 Å². The smallest absolute Gasteiger partial charge is 0.221 e. The molecule has 0 saturated carbocycles. The fourth-order valence-corrected chi connectivity index (χ4v) is 2.65. The maximum atomic E-state index is 5.89. The molecule has 5 heteroatoms. The lowest BCUT2D eigenvalue weighted by atomic mass is 10.1. The van der Waals surface area contributed by atoms with Gasteiger partial charge in [-0.3, -0.25) is 4.90 Å². The Labute approximate surface area is 137 Å². The third kappa shape index (κ3) is 4.33. The highest BCUT2D eigenvalue weighted by Gasteiger charge is 2.10. The first-order valence-electron chi connectivity index (χ1n) is 8.21. The molecule has 0 unspecified atom stereocenters. The fourth-order valence-electron chi connectivity index (χ4n) is 2.65. The molecule has 23 heavy (non-hydrogen) atoms. The second-order valence-electron chi connectivity index (χ2n) is 5.97. The Morgan fingerprint density at radius 2 is 2.04 bits per heavy atom. The van der Waals surface area contributed by atoms with E-state index >= 15 is 0 Å². The van der Waals surface area contributed by atoms with Crippen molar-refractivity contribution in [1.82, 2.24) is 9.88 Å². The number of hydrogen-bond donors (Lipinski definition) is 0. The predicted molar refractivity (Wildman–Crippen MR) is 90.3 cm³/mol. The van der Waals surface area contributed by atoms with Gasteiger partial charge in [-0.2, -0.15) is 0 Å². The summed E-state index contributed by atoms with van der Waals surface area (Å²) in [5.41, 5.74) is 0. The summed E-state index contributed by atoms with van der Waals surface area (Å²) in [6.07, 6.45) is 1.88. The van der Waals surface area contributed by atoms with Crippen molar-refractivity contribution < 1.29 is 14.2 Å². The van der Waals surface area contributed by atoms with Gasteiger partial charge in [-0.1, -0.05) is 0 Å². The van der Waals surface area contributed by atoms with Crippen molar-refractivity contribution in [2.75, 3.05) is 39.5 Å². The molecule has 124 valence electrons. The summed E-state index contributed by atoms with van der Waals surface area (Å²) in [6, 6.07) is 8.03. The van der Waals surface area contributed by atoms with E-state index < -0.39 is 0 Å². The van der Waals surface area contributed by atoms with Gasteiger partial charge in [0.25, 0.3) is 0 Å². The molecule has 0 atom stereocenters. The van der Waals surface area contributed by atoms with Crippen LogP contribution in [-0.2, 0) is 4.74 Å². The van der Waals surface area contributed by atoms with Gasteiger partial charge in [0, 0.05) is 31.2 Å². The minimum atomic E-state index is 0.109. The molecule has 2 heterocycles. The van der Waals surface area contributed by atoms with Crippen LogP contribution in [0.25, 0.3) is 10.8 Å². The SMILES string of the molecule is CC(C)Oc1nccc2cc(OCCN3CCOCC3)ccc12. The third-order valence-electron chi connectivity index (χ3n) is 3.83. The molecular formula is C18H24N2O3. The first-order valence-corrected chi connectivity index (χ1v) is 8.21. The van der Waals surface area contributed by atoms with E-state index in [4.69, 9.17) is 14.2 Å². The molecule has 1 saturated heterocycles. The minimum Gasteiger partial charge on any atom is -0.492 e. The van der Waals surface area contributed by atoms with Gasteiger partial charge in [-0.25, -0.2) is 4.98 Å². The predicted octanol–water partition coefficient (Wildman–Crippen LogP) is 2.73. The lowest BCUT2D eigenvalue weighted by Gasteiger charge is -2.26. The van der Waals surface area contributed by atoms with Crippen molar-refractivity contribution in [2.45, 2.75) is 20.0 Å². The molecule has 1 aromatic carbocycles. The number of rotatable bonds is 6. The summed E-state index contributed by atoms with van der Waals surface area (Å²) in [7, 11) is 0. The van der Waals surface area contributed by atoms with Gasteiger partial charge in [-0.05, 0) is 43.5 Å². The summed E-state index contributed by atoms with van der Waals surface area (Å²) in [4.78, 5) is 6.68. The Morgan fingerprint density at radius 1 is 1.22 bits per heavy atom. The molecule has 0 aliphatic carbocycles. The molecule has 3 rings (SSSR count). The second kappa shape index (κ2) is 7.62. The van der Waals surface area contributed by atoms with Crippen LogP contribution >= 0.6 is 0 Å². The topological polar surface area (TPSA) is 43.8 Å². The van der Waals surface area contributed by atoms with Crippen LogP contribution in [0.1, 0.15) is 13.8 Å². The van der Waals surface area contributed by atoms with Crippen LogP contribution in [0.5, 0.6) is 11.6 Å². The quantitative estimate of drug-likeness (QED) is 0.820. The fraction of sp³-hybridized carbons (Fsp3) is 0.500. The van der Waals surface area contributed by atoms with Gasteiger partial charge in [0.05, 0.1) is 19.3 Å². The highest BCUT2D eigenvalue weighted by atomic mass is 16.5. The number of nitrogens with zero attached hydrogens (tertiary/aromatic N) is 2. The van der Waals surface area contributed by atoms with Crippen LogP contribution in [0.3, 0.4) is 0 Å². The van der Waals surface area contributed by atoms with E-state index in [0.29, 0.717) is 12.5 Å². The lowest BCUT2D eigenvalue weighted by Crippen LogP contribution is -2.38. The zero-order valence-electron chi connectivity index (χ0n) is 13.8. The van der Waals surface area contributed by atoms with Gasteiger partial charge in [0.1, 0.15) is 12.4 Å². The van der Waals surface area contributed by atoms with Gasteiger partial charge < -0.3 is 14.2 Å². The summed E-state index contributed by atoms with van der Waals surface area (Å²) < 4.78 is 17.0. The number of hydrogen-bond acceptors (Lipinski definition) is 5. The summed E-state index contributed by atoms with van der Waals surface area (Å²) in [5, 5.41) is 2.10. The zero-order valence-corrected chi connectivity index (χ0v) is 13.8.